The highest BCUT2D eigenvalue weighted by atomic mass is 35.5. The molecule has 156 valence electrons. The Morgan fingerprint density at radius 1 is 0.903 bits per heavy atom. The molecule has 0 atom stereocenters. The number of thioether (sulfide) groups is 1. The van der Waals surface area contributed by atoms with Gasteiger partial charge >= 0.3 is 6.03 Å². The Morgan fingerprint density at radius 2 is 1.71 bits per heavy atom. The van der Waals surface area contributed by atoms with E-state index in [0.29, 0.717) is 15.8 Å². The molecule has 0 unspecified atom stereocenters. The summed E-state index contributed by atoms with van der Waals surface area (Å²) in [6.45, 7) is 0. The maximum absolute atomic E-state index is 12.2. The summed E-state index contributed by atoms with van der Waals surface area (Å²) in [5, 5.41) is 16.2. The average molecular weight is 487 g/mol. The van der Waals surface area contributed by atoms with Crippen LogP contribution >= 0.6 is 46.3 Å². The molecule has 31 heavy (non-hydrogen) atoms. The maximum atomic E-state index is 12.2. The largest absolute Gasteiger partial charge is 0.325 e. The summed E-state index contributed by atoms with van der Waals surface area (Å²) >= 11 is 14.9. The first-order valence-corrected chi connectivity index (χ1v) is 11.8. The normalized spacial score (nSPS) is 10.6. The van der Waals surface area contributed by atoms with Crippen LogP contribution in [0.25, 0.3) is 10.6 Å². The van der Waals surface area contributed by atoms with Gasteiger partial charge in [0.25, 0.3) is 0 Å². The van der Waals surface area contributed by atoms with E-state index in [2.05, 4.69) is 26.9 Å². The van der Waals surface area contributed by atoms with Crippen LogP contribution in [0.1, 0.15) is 5.56 Å². The highest BCUT2D eigenvalue weighted by molar-refractivity contribution is 7.98. The molecule has 4 aromatic rings. The number of carbonyl (C=O) groups is 1. The zero-order valence-corrected chi connectivity index (χ0v) is 19.2. The van der Waals surface area contributed by atoms with Crippen LogP contribution in [0.4, 0.5) is 15.6 Å². The van der Waals surface area contributed by atoms with Gasteiger partial charge in [-0.25, -0.2) is 4.79 Å². The molecule has 0 saturated carbocycles. The fourth-order valence-electron chi connectivity index (χ4n) is 2.72. The third-order valence-electron chi connectivity index (χ3n) is 4.15. The van der Waals surface area contributed by atoms with Gasteiger partial charge in [0.2, 0.25) is 5.13 Å². The van der Waals surface area contributed by atoms with Crippen molar-refractivity contribution in [3.8, 4) is 10.6 Å². The third kappa shape index (κ3) is 5.98. The zero-order chi connectivity index (χ0) is 21.6. The number of hydrogen-bond donors (Lipinski definition) is 2. The number of anilines is 2. The van der Waals surface area contributed by atoms with Crippen molar-refractivity contribution in [1.29, 1.82) is 0 Å². The molecule has 0 saturated heterocycles. The van der Waals surface area contributed by atoms with Crippen LogP contribution in [-0.4, -0.2) is 16.2 Å². The van der Waals surface area contributed by atoms with Gasteiger partial charge in [0.15, 0.2) is 5.01 Å². The van der Waals surface area contributed by atoms with Crippen molar-refractivity contribution in [3.05, 3.63) is 88.4 Å². The molecule has 0 bridgehead atoms. The van der Waals surface area contributed by atoms with Crippen molar-refractivity contribution in [2.24, 2.45) is 0 Å². The van der Waals surface area contributed by atoms with Crippen LogP contribution in [0.5, 0.6) is 0 Å². The molecular weight excluding hydrogens is 471 g/mol. The number of hydrogen-bond acceptors (Lipinski definition) is 5. The van der Waals surface area contributed by atoms with E-state index in [1.165, 1.54) is 16.9 Å². The highest BCUT2D eigenvalue weighted by Gasteiger charge is 2.13. The molecule has 0 aliphatic carbocycles. The molecule has 0 fully saturated rings. The van der Waals surface area contributed by atoms with Gasteiger partial charge in [0, 0.05) is 31.9 Å². The molecule has 0 radical (unpaired) electrons. The second kappa shape index (κ2) is 10.2. The molecule has 2 amide bonds. The zero-order valence-electron chi connectivity index (χ0n) is 16.0. The fraction of sp³-hybridized carbons (Fsp3) is 0.0455. The molecule has 1 aromatic heterocycles. The topological polar surface area (TPSA) is 66.9 Å². The quantitative estimate of drug-likeness (QED) is 0.277. The molecule has 0 aliphatic rings. The first-order chi connectivity index (χ1) is 15.1. The molecular formula is C22H16Cl2N4OS2. The smallest absolute Gasteiger partial charge is 0.308 e. The van der Waals surface area contributed by atoms with Crippen LogP contribution in [0.15, 0.2) is 77.7 Å². The van der Waals surface area contributed by atoms with E-state index in [4.69, 9.17) is 23.2 Å². The number of nitrogens with zero attached hydrogens (tertiary/aromatic N) is 2. The first-order valence-electron chi connectivity index (χ1n) is 9.20. The predicted octanol–water partition coefficient (Wildman–Crippen LogP) is 7.45. The number of carbonyl (C=O) groups excluding carboxylic acids is 1. The summed E-state index contributed by atoms with van der Waals surface area (Å²) in [6, 6.07) is 22.3. The Morgan fingerprint density at radius 3 is 2.52 bits per heavy atom. The Balaban J connectivity index is 1.43. The van der Waals surface area contributed by atoms with Crippen LogP contribution in [0.3, 0.4) is 0 Å². The van der Waals surface area contributed by atoms with Crippen molar-refractivity contribution < 1.29 is 4.79 Å². The number of benzene rings is 3. The highest BCUT2D eigenvalue weighted by Crippen LogP contribution is 2.35. The monoisotopic (exact) mass is 486 g/mol. The minimum Gasteiger partial charge on any atom is -0.308 e. The Bertz CT molecular complexity index is 1200. The average Bonchev–Trinajstić information content (AvgIpc) is 3.21. The Kier molecular flexibility index (Phi) is 7.09. The standard InChI is InChI=1S/C22H16Cl2N4OS2/c23-15-10-8-14(9-11-15)13-30-19-7-2-1-6-18(19)20-27-28-22(31-20)26-21(29)25-17-5-3-4-16(24)12-17/h1-12H,13H2,(H2,25,26,28,29). The number of rotatable bonds is 6. The van der Waals surface area contributed by atoms with Gasteiger partial charge in [-0.05, 0) is 42.0 Å². The van der Waals surface area contributed by atoms with E-state index in [9.17, 15) is 4.79 Å². The van der Waals surface area contributed by atoms with Gasteiger partial charge in [-0.3, -0.25) is 5.32 Å². The molecule has 3 aromatic carbocycles. The summed E-state index contributed by atoms with van der Waals surface area (Å²) in [4.78, 5) is 13.3. The van der Waals surface area contributed by atoms with Crippen molar-refractivity contribution in [1.82, 2.24) is 10.2 Å². The van der Waals surface area contributed by atoms with Crippen LogP contribution in [0.2, 0.25) is 10.0 Å². The number of amides is 2. The summed E-state index contributed by atoms with van der Waals surface area (Å²) in [6.07, 6.45) is 0. The second-order valence-corrected chi connectivity index (χ2v) is 9.28. The third-order valence-corrected chi connectivity index (χ3v) is 6.66. The van der Waals surface area contributed by atoms with Crippen LogP contribution < -0.4 is 10.6 Å². The summed E-state index contributed by atoms with van der Waals surface area (Å²) in [7, 11) is 0. The van der Waals surface area contributed by atoms with Crippen molar-refractivity contribution in [3.63, 3.8) is 0 Å². The summed E-state index contributed by atoms with van der Waals surface area (Å²) in [5.41, 5.74) is 2.75. The number of nitrogens with one attached hydrogen (secondary N) is 2. The Labute approximate surface area is 197 Å². The molecule has 4 rings (SSSR count). The van der Waals surface area contributed by atoms with Crippen molar-refractivity contribution in [2.45, 2.75) is 10.6 Å². The van der Waals surface area contributed by atoms with E-state index >= 15 is 0 Å². The van der Waals surface area contributed by atoms with Gasteiger partial charge in [-0.2, -0.15) is 0 Å². The van der Waals surface area contributed by atoms with Gasteiger partial charge < -0.3 is 5.32 Å². The Hall–Kier alpha value is -2.58. The minimum atomic E-state index is -0.407. The van der Waals surface area contributed by atoms with Gasteiger partial charge in [-0.15, -0.1) is 22.0 Å². The molecule has 2 N–H and O–H groups in total. The number of urea groups is 1. The van der Waals surface area contributed by atoms with E-state index in [-0.39, 0.29) is 0 Å². The van der Waals surface area contributed by atoms with Crippen LogP contribution in [-0.2, 0) is 5.75 Å². The lowest BCUT2D eigenvalue weighted by molar-refractivity contribution is 0.262. The van der Waals surface area contributed by atoms with Crippen LogP contribution in [0, 0.1) is 0 Å². The van der Waals surface area contributed by atoms with Crippen molar-refractivity contribution >= 4 is 63.2 Å². The van der Waals surface area contributed by atoms with E-state index < -0.39 is 6.03 Å². The van der Waals surface area contributed by atoms with Gasteiger partial charge in [-0.1, -0.05) is 70.9 Å². The van der Waals surface area contributed by atoms with E-state index in [1.54, 1.807) is 36.0 Å². The molecule has 0 spiro atoms. The summed E-state index contributed by atoms with van der Waals surface area (Å²) in [5.74, 6) is 0.806. The molecule has 1 heterocycles. The number of aromatic nitrogens is 2. The predicted molar refractivity (Wildman–Crippen MR) is 130 cm³/mol. The molecule has 9 heteroatoms. The van der Waals surface area contributed by atoms with Crippen molar-refractivity contribution in [2.75, 3.05) is 10.6 Å². The lowest BCUT2D eigenvalue weighted by Gasteiger charge is -2.07. The lowest BCUT2D eigenvalue weighted by Crippen LogP contribution is -2.19. The summed E-state index contributed by atoms with van der Waals surface area (Å²) < 4.78 is 0. The van der Waals surface area contributed by atoms with Gasteiger partial charge in [0.1, 0.15) is 0 Å². The minimum absolute atomic E-state index is 0.407. The molecule has 0 aliphatic heterocycles. The van der Waals surface area contributed by atoms with Gasteiger partial charge in [0.05, 0.1) is 0 Å². The second-order valence-electron chi connectivity index (χ2n) is 6.41. The van der Waals surface area contributed by atoms with E-state index in [0.717, 1.165) is 26.2 Å². The number of halogens is 2. The lowest BCUT2D eigenvalue weighted by atomic mass is 10.2. The fourth-order valence-corrected chi connectivity index (χ4v) is 4.89. The SMILES string of the molecule is O=C(Nc1cccc(Cl)c1)Nc1nnc(-c2ccccc2SCc2ccc(Cl)cc2)s1. The first kappa shape index (κ1) is 21.6. The molecule has 5 nitrogen and oxygen atoms in total. The maximum Gasteiger partial charge on any atom is 0.325 e. The van der Waals surface area contributed by atoms with E-state index in [1.807, 2.05) is 42.5 Å².